The van der Waals surface area contributed by atoms with Gasteiger partial charge in [-0.05, 0) is 0 Å². The number of hydrogen-bond acceptors (Lipinski definition) is 8. The lowest BCUT2D eigenvalue weighted by molar-refractivity contribution is -0.300. The zero-order chi connectivity index (χ0) is 17.4. The monoisotopic (exact) mass is 336 g/mol. The predicted octanol–water partition coefficient (Wildman–Crippen LogP) is -3.55. The summed E-state index contributed by atoms with van der Waals surface area (Å²) in [6, 6.07) is 0. The number of aliphatic hydroxyl groups is 4. The molecular formula is C13H24N2O8. The first-order valence-electron chi connectivity index (χ1n) is 7.30. The van der Waals surface area contributed by atoms with Crippen molar-refractivity contribution in [3.8, 4) is 0 Å². The molecule has 0 aromatic rings. The minimum Gasteiger partial charge on any atom is -0.394 e. The second-order valence-corrected chi connectivity index (χ2v) is 5.09. The van der Waals surface area contributed by atoms with E-state index < -0.39 is 37.3 Å². The van der Waals surface area contributed by atoms with Crippen LogP contribution >= 0.6 is 0 Å². The fraction of sp³-hybridized carbons (Fsp3) is 0.846. The van der Waals surface area contributed by atoms with Crippen molar-refractivity contribution in [2.75, 3.05) is 26.8 Å². The molecule has 5 atom stereocenters. The van der Waals surface area contributed by atoms with Gasteiger partial charge < -0.3 is 40.5 Å². The van der Waals surface area contributed by atoms with Crippen molar-refractivity contribution in [3.05, 3.63) is 0 Å². The Morgan fingerprint density at radius 3 is 2.35 bits per heavy atom. The van der Waals surface area contributed by atoms with Gasteiger partial charge in [-0.3, -0.25) is 9.59 Å². The fourth-order valence-electron chi connectivity index (χ4n) is 2.01. The van der Waals surface area contributed by atoms with E-state index in [1.807, 2.05) is 0 Å². The van der Waals surface area contributed by atoms with E-state index in [1.54, 1.807) is 0 Å². The average Bonchev–Trinajstić information content (AvgIpc) is 2.56. The molecule has 10 heteroatoms. The van der Waals surface area contributed by atoms with Crippen LogP contribution in [-0.4, -0.2) is 89.8 Å². The molecule has 10 nitrogen and oxygen atoms in total. The number of carbonyl (C=O) groups is 2. The van der Waals surface area contributed by atoms with E-state index in [-0.39, 0.29) is 37.8 Å². The summed E-state index contributed by atoms with van der Waals surface area (Å²) in [4.78, 5) is 22.4. The number of hydrogen-bond donors (Lipinski definition) is 6. The van der Waals surface area contributed by atoms with Crippen LogP contribution in [0.5, 0.6) is 0 Å². The summed E-state index contributed by atoms with van der Waals surface area (Å²) >= 11 is 0. The molecule has 2 amide bonds. The van der Waals surface area contributed by atoms with Gasteiger partial charge in [0.2, 0.25) is 11.8 Å². The lowest BCUT2D eigenvalue weighted by Crippen LogP contribution is -2.59. The quantitative estimate of drug-likeness (QED) is 0.249. The number of amides is 2. The third-order valence-electron chi connectivity index (χ3n) is 3.41. The van der Waals surface area contributed by atoms with Crippen LogP contribution in [0.2, 0.25) is 0 Å². The standard InChI is InChI=1S/C13H24N2O8/c1-14-8(17)2-3-9(18)15-4-5-22-13-12(21)11(20)10(19)7(6-16)23-13/h7,10-13,16,19-21H,2-6H2,1H3,(H,14,17)(H,15,18)/t7?,10-,11+,12?,13-/m1/s1. The molecule has 2 unspecified atom stereocenters. The van der Waals surface area contributed by atoms with Gasteiger partial charge in [0.1, 0.15) is 24.4 Å². The molecule has 1 aliphatic rings. The molecule has 0 bridgehead atoms. The highest BCUT2D eigenvalue weighted by Crippen LogP contribution is 2.21. The Bertz CT molecular complexity index is 392. The Hall–Kier alpha value is -1.30. The Balaban J connectivity index is 2.26. The Morgan fingerprint density at radius 1 is 1.09 bits per heavy atom. The minimum absolute atomic E-state index is 0.0194. The second kappa shape index (κ2) is 9.75. The van der Waals surface area contributed by atoms with Gasteiger partial charge in [0.25, 0.3) is 0 Å². The van der Waals surface area contributed by atoms with Crippen molar-refractivity contribution in [2.45, 2.75) is 43.5 Å². The summed E-state index contributed by atoms with van der Waals surface area (Å²) in [7, 11) is 1.48. The van der Waals surface area contributed by atoms with E-state index >= 15 is 0 Å². The van der Waals surface area contributed by atoms with Crippen LogP contribution in [0.3, 0.4) is 0 Å². The lowest BCUT2D eigenvalue weighted by atomic mass is 9.99. The van der Waals surface area contributed by atoms with Crippen LogP contribution in [0.15, 0.2) is 0 Å². The number of carbonyl (C=O) groups excluding carboxylic acids is 2. The molecule has 0 radical (unpaired) electrons. The number of nitrogens with one attached hydrogen (secondary N) is 2. The maximum Gasteiger partial charge on any atom is 0.220 e. The van der Waals surface area contributed by atoms with Crippen LogP contribution in [0.25, 0.3) is 0 Å². The van der Waals surface area contributed by atoms with Crippen molar-refractivity contribution in [1.29, 1.82) is 0 Å². The maximum atomic E-state index is 11.4. The summed E-state index contributed by atoms with van der Waals surface area (Å²) in [5.41, 5.74) is 0. The third kappa shape index (κ3) is 6.01. The van der Waals surface area contributed by atoms with Gasteiger partial charge in [-0.25, -0.2) is 0 Å². The van der Waals surface area contributed by atoms with Crippen molar-refractivity contribution in [2.24, 2.45) is 0 Å². The van der Waals surface area contributed by atoms with E-state index in [9.17, 15) is 24.9 Å². The van der Waals surface area contributed by atoms with Gasteiger partial charge in [-0.1, -0.05) is 0 Å². The van der Waals surface area contributed by atoms with Crippen molar-refractivity contribution in [1.82, 2.24) is 10.6 Å². The van der Waals surface area contributed by atoms with E-state index in [2.05, 4.69) is 10.6 Å². The highest BCUT2D eigenvalue weighted by atomic mass is 16.7. The van der Waals surface area contributed by atoms with Crippen molar-refractivity contribution < 1.29 is 39.5 Å². The normalized spacial score (nSPS) is 30.7. The lowest BCUT2D eigenvalue weighted by Gasteiger charge is -2.39. The Morgan fingerprint density at radius 2 is 1.74 bits per heavy atom. The van der Waals surface area contributed by atoms with E-state index in [4.69, 9.17) is 14.6 Å². The molecule has 1 rings (SSSR count). The molecule has 1 heterocycles. The van der Waals surface area contributed by atoms with Crippen LogP contribution in [0, 0.1) is 0 Å². The largest absolute Gasteiger partial charge is 0.394 e. The van der Waals surface area contributed by atoms with Gasteiger partial charge in [0.05, 0.1) is 13.2 Å². The molecule has 1 saturated heterocycles. The SMILES string of the molecule is CNC(=O)CCC(=O)NCCO[C@@H]1OC(CO)[C@@H](O)[C@H](O)C1O. The first-order valence-corrected chi connectivity index (χ1v) is 7.30. The van der Waals surface area contributed by atoms with Crippen molar-refractivity contribution >= 4 is 11.8 Å². The first-order chi connectivity index (χ1) is 10.9. The average molecular weight is 336 g/mol. The Labute approximate surface area is 133 Å². The van der Waals surface area contributed by atoms with E-state index in [0.29, 0.717) is 0 Å². The highest BCUT2D eigenvalue weighted by Gasteiger charge is 2.43. The third-order valence-corrected chi connectivity index (χ3v) is 3.41. The van der Waals surface area contributed by atoms with E-state index in [1.165, 1.54) is 7.05 Å². The topological polar surface area (TPSA) is 158 Å². The van der Waals surface area contributed by atoms with Gasteiger partial charge in [0.15, 0.2) is 6.29 Å². The van der Waals surface area contributed by atoms with Crippen molar-refractivity contribution in [3.63, 3.8) is 0 Å². The molecule has 0 aliphatic carbocycles. The van der Waals surface area contributed by atoms with E-state index in [0.717, 1.165) is 0 Å². The van der Waals surface area contributed by atoms with Gasteiger partial charge in [-0.2, -0.15) is 0 Å². The predicted molar refractivity (Wildman–Crippen MR) is 76.0 cm³/mol. The molecule has 0 spiro atoms. The highest BCUT2D eigenvalue weighted by molar-refractivity contribution is 5.83. The summed E-state index contributed by atoms with van der Waals surface area (Å²) in [5, 5.41) is 42.9. The maximum absolute atomic E-state index is 11.4. The zero-order valence-corrected chi connectivity index (χ0v) is 12.8. The summed E-state index contributed by atoms with van der Waals surface area (Å²) in [5.74, 6) is -0.566. The van der Waals surface area contributed by atoms with Gasteiger partial charge >= 0.3 is 0 Å². The molecule has 0 aromatic carbocycles. The molecule has 1 fully saturated rings. The van der Waals surface area contributed by atoms with Crippen LogP contribution in [0.1, 0.15) is 12.8 Å². The number of aliphatic hydroxyl groups excluding tert-OH is 4. The van der Waals surface area contributed by atoms with Crippen LogP contribution in [-0.2, 0) is 19.1 Å². The zero-order valence-electron chi connectivity index (χ0n) is 12.8. The molecule has 23 heavy (non-hydrogen) atoms. The molecule has 6 N–H and O–H groups in total. The molecule has 0 saturated carbocycles. The van der Waals surface area contributed by atoms with Gasteiger partial charge in [-0.15, -0.1) is 0 Å². The molecule has 134 valence electrons. The Kier molecular flexibility index (Phi) is 8.37. The number of ether oxygens (including phenoxy) is 2. The van der Waals surface area contributed by atoms with Crippen LogP contribution in [0.4, 0.5) is 0 Å². The second-order valence-electron chi connectivity index (χ2n) is 5.09. The molecule has 1 aliphatic heterocycles. The first kappa shape index (κ1) is 19.7. The van der Waals surface area contributed by atoms with Crippen LogP contribution < -0.4 is 10.6 Å². The number of rotatable bonds is 8. The smallest absolute Gasteiger partial charge is 0.220 e. The van der Waals surface area contributed by atoms with Gasteiger partial charge in [0, 0.05) is 26.4 Å². The molecular weight excluding hydrogens is 312 g/mol. The fourth-order valence-corrected chi connectivity index (χ4v) is 2.01. The molecule has 0 aromatic heterocycles. The minimum atomic E-state index is -1.51. The summed E-state index contributed by atoms with van der Waals surface area (Å²) in [6.07, 6.45) is -6.58. The summed E-state index contributed by atoms with van der Waals surface area (Å²) < 4.78 is 10.3. The summed E-state index contributed by atoms with van der Waals surface area (Å²) in [6.45, 7) is -0.447.